The summed E-state index contributed by atoms with van der Waals surface area (Å²) in [5.41, 5.74) is -0.224. The van der Waals surface area contributed by atoms with Gasteiger partial charge in [0.2, 0.25) is 0 Å². The summed E-state index contributed by atoms with van der Waals surface area (Å²) in [6.07, 6.45) is 56.0. The van der Waals surface area contributed by atoms with Crippen LogP contribution in [0.4, 0.5) is 0 Å². The zero-order valence-electron chi connectivity index (χ0n) is 56.0. The number of hydrogen-bond acceptors (Lipinski definition) is 6. The Bertz CT molecular complexity index is 1310. The Morgan fingerprint density at radius 2 is 0.988 bits per heavy atom. The van der Waals surface area contributed by atoms with Gasteiger partial charge in [0.25, 0.3) is 0 Å². The van der Waals surface area contributed by atoms with Crippen molar-refractivity contribution in [3.63, 3.8) is 0 Å². The molecule has 0 saturated carbocycles. The molecule has 0 amide bonds. The molecule has 0 aromatic heterocycles. The molecule has 6 heteroatoms. The summed E-state index contributed by atoms with van der Waals surface area (Å²) in [7, 11) is 0. The summed E-state index contributed by atoms with van der Waals surface area (Å²) >= 11 is 0. The molecule has 0 aromatic carbocycles. The Morgan fingerprint density at radius 1 is 0.525 bits per heavy atom. The number of nitrogens with zero attached hydrogens (tertiary/aromatic N) is 1. The normalized spacial score (nSPS) is 15.1. The Balaban J connectivity index is -0.0000116. The molecule has 1 fully saturated rings. The van der Waals surface area contributed by atoms with E-state index in [4.69, 9.17) is 9.47 Å². The van der Waals surface area contributed by atoms with E-state index in [1.165, 1.54) is 186 Å². The third kappa shape index (κ3) is 47.8. The molecule has 478 valence electrons. The minimum absolute atomic E-state index is 0. The maximum absolute atomic E-state index is 13.4. The fraction of sp³-hybridized carbons (Fsp3) is 0.932. The Labute approximate surface area is 503 Å². The lowest BCUT2D eigenvalue weighted by Gasteiger charge is -2.25. The molecule has 1 aliphatic rings. The van der Waals surface area contributed by atoms with E-state index < -0.39 is 0 Å². The highest BCUT2D eigenvalue weighted by atomic mass is 16.5. The number of rotatable bonds is 56. The van der Waals surface area contributed by atoms with Crippen LogP contribution < -0.4 is 0 Å². The van der Waals surface area contributed by atoms with Crippen LogP contribution in [0.3, 0.4) is 0 Å². The second kappa shape index (κ2) is 60.6. The lowest BCUT2D eigenvalue weighted by molar-refractivity contribution is -0.150. The van der Waals surface area contributed by atoms with Crippen molar-refractivity contribution in [2.75, 3.05) is 26.3 Å². The third-order valence-electron chi connectivity index (χ3n) is 17.6. The summed E-state index contributed by atoms with van der Waals surface area (Å²) in [5.74, 6) is 3.36. The van der Waals surface area contributed by atoms with Crippen LogP contribution in [0.5, 0.6) is 0 Å². The lowest BCUT2D eigenvalue weighted by Crippen LogP contribution is -2.34. The first-order valence-corrected chi connectivity index (χ1v) is 35.7. The van der Waals surface area contributed by atoms with Crippen LogP contribution in [-0.4, -0.2) is 60.9 Å². The van der Waals surface area contributed by atoms with Gasteiger partial charge in [0.05, 0.1) is 6.61 Å². The van der Waals surface area contributed by atoms with Gasteiger partial charge in [0.1, 0.15) is 11.9 Å². The molecule has 6 nitrogen and oxygen atoms in total. The van der Waals surface area contributed by atoms with Crippen LogP contribution in [-0.2, 0) is 23.9 Å². The summed E-state index contributed by atoms with van der Waals surface area (Å²) in [4.78, 5) is 42.1. The smallest absolute Gasteiger partial charge is 0.306 e. The first-order chi connectivity index (χ1) is 38.4. The molecule has 1 rings (SSSR count). The molecule has 3 atom stereocenters. The molecular weight excluding hydrogens is 983 g/mol. The average Bonchev–Trinajstić information content (AvgIpc) is 3.85. The summed E-state index contributed by atoms with van der Waals surface area (Å²) < 4.78 is 12.5. The minimum Gasteiger partial charge on any atom is -0.462 e. The summed E-state index contributed by atoms with van der Waals surface area (Å²) in [5, 5.41) is 0. The van der Waals surface area contributed by atoms with Crippen LogP contribution in [0.2, 0.25) is 0 Å². The number of esters is 1. The van der Waals surface area contributed by atoms with Crippen molar-refractivity contribution >= 4 is 17.5 Å². The zero-order chi connectivity index (χ0) is 59.0. The highest BCUT2D eigenvalue weighted by Gasteiger charge is 2.31. The van der Waals surface area contributed by atoms with Gasteiger partial charge in [-0.05, 0) is 107 Å². The number of unbranched alkanes of at least 4 members (excludes halogenated alkanes) is 22. The second-order valence-corrected chi connectivity index (χ2v) is 25.2. The zero-order valence-corrected chi connectivity index (χ0v) is 56.0. The standard InChI is InChI=1S/C69H131NO5.2C2H6.CH4/c1-10-16-20-22-25-33-46-66(47-34-26-23-21-17-11-2)75-68(73)49-35-27-24-30-40-56-74-59-64-57-62(51-53-65(71)52-50-60(7)63(41-14-5)42-15-6)58-70(64)55-39-29-28-38-54-69(8,9)67(72)48-37-36-45-61(43-31-18-12-3)44-32-19-13-4;2*1-2;/h51,53,60-64,66H,10-50,52,54-59H2,1-9H3;2*1-2H3;1H4/t60?,62-,64-;;;/m0.../s1. The van der Waals surface area contributed by atoms with E-state index in [0.717, 1.165) is 122 Å². The SMILES string of the molecule is C.CC.CC.CCCCCCCCC(CCCCCCCC)OC(=O)CCCCCCCOC[C@@H]1C[C@H](C=CC(=O)CCC(C)C(CCC)CCC)CN1CCCCCCC(C)(C)C(=O)CCCCC(CCCCC)CCCCC. The number of likely N-dealkylation sites (tertiary alicyclic amines) is 1. The largest absolute Gasteiger partial charge is 0.462 e. The van der Waals surface area contributed by atoms with Gasteiger partial charge in [-0.2, -0.15) is 0 Å². The first kappa shape index (κ1) is 82.7. The van der Waals surface area contributed by atoms with Crippen LogP contribution in [0.25, 0.3) is 0 Å². The molecule has 0 spiro atoms. The van der Waals surface area contributed by atoms with Crippen LogP contribution in [0.15, 0.2) is 12.2 Å². The van der Waals surface area contributed by atoms with Crippen molar-refractivity contribution < 1.29 is 23.9 Å². The van der Waals surface area contributed by atoms with Gasteiger partial charge in [-0.25, -0.2) is 0 Å². The maximum atomic E-state index is 13.4. The van der Waals surface area contributed by atoms with Crippen molar-refractivity contribution in [3.8, 4) is 0 Å². The number of allylic oxidation sites excluding steroid dienone is 1. The number of Topliss-reactive ketones (excluding diaryl/α,β-unsaturated/α-hetero) is 1. The summed E-state index contributed by atoms with van der Waals surface area (Å²) in [6.45, 7) is 32.1. The Kier molecular flexibility index (Phi) is 62.6. The van der Waals surface area contributed by atoms with E-state index in [0.29, 0.717) is 42.3 Å². The van der Waals surface area contributed by atoms with Crippen molar-refractivity contribution in [1.29, 1.82) is 0 Å². The lowest BCUT2D eigenvalue weighted by atomic mass is 9.80. The molecule has 0 N–H and O–H groups in total. The van der Waals surface area contributed by atoms with E-state index in [1.54, 1.807) is 0 Å². The molecule has 1 saturated heterocycles. The monoisotopic (exact) mass is 1130 g/mol. The van der Waals surface area contributed by atoms with E-state index >= 15 is 0 Å². The second-order valence-electron chi connectivity index (χ2n) is 25.2. The van der Waals surface area contributed by atoms with Gasteiger partial charge in [-0.1, -0.05) is 296 Å². The van der Waals surface area contributed by atoms with Crippen molar-refractivity contribution in [1.82, 2.24) is 4.90 Å². The molecule has 0 bridgehead atoms. The maximum Gasteiger partial charge on any atom is 0.306 e. The Hall–Kier alpha value is -1.53. The number of carbonyl (C=O) groups is 3. The average molecular weight is 1130 g/mol. The highest BCUT2D eigenvalue weighted by Crippen LogP contribution is 2.31. The molecule has 0 aliphatic carbocycles. The quantitative estimate of drug-likeness (QED) is 0.0343. The first-order valence-electron chi connectivity index (χ1n) is 35.7. The topological polar surface area (TPSA) is 72.9 Å². The van der Waals surface area contributed by atoms with Gasteiger partial charge in [0.15, 0.2) is 5.78 Å². The van der Waals surface area contributed by atoms with Crippen molar-refractivity contribution in [2.45, 2.75) is 392 Å². The Morgan fingerprint density at radius 3 is 1.55 bits per heavy atom. The van der Waals surface area contributed by atoms with Crippen LogP contribution in [0.1, 0.15) is 380 Å². The van der Waals surface area contributed by atoms with E-state index in [-0.39, 0.29) is 24.9 Å². The van der Waals surface area contributed by atoms with Gasteiger partial charge < -0.3 is 9.47 Å². The molecule has 1 unspecified atom stereocenters. The number of ketones is 2. The molecule has 0 aromatic rings. The molecule has 1 heterocycles. The molecule has 80 heavy (non-hydrogen) atoms. The third-order valence-corrected chi connectivity index (χ3v) is 17.6. The fourth-order valence-electron chi connectivity index (χ4n) is 12.3. The van der Waals surface area contributed by atoms with Gasteiger partial charge >= 0.3 is 5.97 Å². The van der Waals surface area contributed by atoms with Crippen molar-refractivity contribution in [2.24, 2.45) is 29.1 Å². The predicted molar refractivity (Wildman–Crippen MR) is 355 cm³/mol. The number of carbonyl (C=O) groups excluding carboxylic acids is 3. The highest BCUT2D eigenvalue weighted by molar-refractivity contribution is 5.89. The van der Waals surface area contributed by atoms with Crippen molar-refractivity contribution in [3.05, 3.63) is 12.2 Å². The number of hydrogen-bond donors (Lipinski definition) is 0. The predicted octanol–water partition coefficient (Wildman–Crippen LogP) is 23.8. The van der Waals surface area contributed by atoms with E-state index in [9.17, 15) is 14.4 Å². The minimum atomic E-state index is -0.224. The van der Waals surface area contributed by atoms with Gasteiger partial charge in [-0.15, -0.1) is 0 Å². The fourth-order valence-corrected chi connectivity index (χ4v) is 12.3. The van der Waals surface area contributed by atoms with Crippen LogP contribution in [0, 0.1) is 29.1 Å². The van der Waals surface area contributed by atoms with Gasteiger partial charge in [-0.3, -0.25) is 19.3 Å². The molecule has 0 radical (unpaired) electrons. The van der Waals surface area contributed by atoms with E-state index in [1.807, 2.05) is 33.8 Å². The molecular formula is C74H147NO5. The summed E-state index contributed by atoms with van der Waals surface area (Å²) in [6, 6.07) is 0.384. The van der Waals surface area contributed by atoms with Crippen LogP contribution >= 0.6 is 0 Å². The molecule has 1 aliphatic heterocycles. The van der Waals surface area contributed by atoms with Gasteiger partial charge in [0, 0.05) is 43.9 Å². The van der Waals surface area contributed by atoms with E-state index in [2.05, 4.69) is 73.3 Å². The number of ether oxygens (including phenoxy) is 2.